The molecule has 0 bridgehead atoms. The molecule has 0 aliphatic rings. The van der Waals surface area contributed by atoms with Crippen molar-refractivity contribution in [2.24, 2.45) is 0 Å². The summed E-state index contributed by atoms with van der Waals surface area (Å²) < 4.78 is 17.4. The number of fused-ring (bicyclic) bond motifs is 1. The van der Waals surface area contributed by atoms with Crippen LogP contribution in [0.4, 0.5) is 10.3 Å². The van der Waals surface area contributed by atoms with Crippen molar-refractivity contribution in [2.45, 2.75) is 26.9 Å². The number of nitrogens with zero attached hydrogens (tertiary/aromatic N) is 6. The summed E-state index contributed by atoms with van der Waals surface area (Å²) >= 11 is 6.11. The van der Waals surface area contributed by atoms with Crippen LogP contribution in [0, 0.1) is 12.7 Å². The van der Waals surface area contributed by atoms with Gasteiger partial charge < -0.3 is 0 Å². The number of nitrogens with one attached hydrogen (secondary N) is 1. The fourth-order valence-corrected chi connectivity index (χ4v) is 4.10. The highest BCUT2D eigenvalue weighted by Crippen LogP contribution is 2.27. The maximum absolute atomic E-state index is 14.1. The molecule has 0 fully saturated rings. The Kier molecular flexibility index (Phi) is 6.00. The predicted molar refractivity (Wildman–Crippen MR) is 132 cm³/mol. The molecule has 0 aliphatic carbocycles. The van der Waals surface area contributed by atoms with Crippen molar-refractivity contribution in [2.75, 3.05) is 5.32 Å². The summed E-state index contributed by atoms with van der Waals surface area (Å²) in [6, 6.07) is 13.7. The maximum Gasteiger partial charge on any atom is 0.258 e. The van der Waals surface area contributed by atoms with Gasteiger partial charge >= 0.3 is 0 Å². The zero-order chi connectivity index (χ0) is 24.5. The van der Waals surface area contributed by atoms with Crippen LogP contribution in [0.2, 0.25) is 5.02 Å². The minimum atomic E-state index is -0.434. The van der Waals surface area contributed by atoms with Crippen molar-refractivity contribution in [1.29, 1.82) is 0 Å². The third-order valence-electron chi connectivity index (χ3n) is 5.65. The van der Waals surface area contributed by atoms with E-state index in [1.165, 1.54) is 23.1 Å². The molecular weight excluding hydrogens is 469 g/mol. The van der Waals surface area contributed by atoms with Crippen LogP contribution in [0.25, 0.3) is 22.2 Å². The van der Waals surface area contributed by atoms with Gasteiger partial charge in [0.2, 0.25) is 5.95 Å². The number of hydrogen-bond acceptors (Lipinski definition) is 5. The first-order valence-corrected chi connectivity index (χ1v) is 11.4. The van der Waals surface area contributed by atoms with Crippen LogP contribution in [-0.2, 0) is 13.1 Å². The van der Waals surface area contributed by atoms with Crippen molar-refractivity contribution in [3.05, 3.63) is 88.7 Å². The van der Waals surface area contributed by atoms with E-state index in [4.69, 9.17) is 16.6 Å². The number of para-hydroxylation sites is 1. The second-order valence-electron chi connectivity index (χ2n) is 7.98. The second kappa shape index (κ2) is 9.27. The molecule has 2 aromatic carbocycles. The number of benzene rings is 2. The van der Waals surface area contributed by atoms with Crippen LogP contribution in [0.3, 0.4) is 0 Å². The summed E-state index contributed by atoms with van der Waals surface area (Å²) in [5, 5.41) is 12.5. The van der Waals surface area contributed by atoms with Gasteiger partial charge in [0.05, 0.1) is 29.0 Å². The highest BCUT2D eigenvalue weighted by molar-refractivity contribution is 6.31. The molecule has 1 amide bonds. The van der Waals surface area contributed by atoms with Crippen LogP contribution in [-0.4, -0.2) is 35.4 Å². The zero-order valence-electron chi connectivity index (χ0n) is 19.0. The van der Waals surface area contributed by atoms with Gasteiger partial charge in [-0.15, -0.1) is 5.10 Å². The smallest absolute Gasteiger partial charge is 0.258 e. The summed E-state index contributed by atoms with van der Waals surface area (Å²) in [6.07, 6.45) is 3.34. The molecule has 0 aliphatic heterocycles. The molecule has 0 atom stereocenters. The van der Waals surface area contributed by atoms with Crippen LogP contribution >= 0.6 is 11.6 Å². The monoisotopic (exact) mass is 489 g/mol. The van der Waals surface area contributed by atoms with E-state index in [1.807, 2.05) is 49.0 Å². The molecule has 3 heterocycles. The molecule has 3 aromatic heterocycles. The second-order valence-corrected chi connectivity index (χ2v) is 8.38. The van der Waals surface area contributed by atoms with E-state index < -0.39 is 5.82 Å². The summed E-state index contributed by atoms with van der Waals surface area (Å²) in [4.78, 5) is 22.2. The number of carbonyl (C=O) groups excluding carboxylic acids is 1. The topological polar surface area (TPSA) is 90.5 Å². The van der Waals surface area contributed by atoms with Crippen molar-refractivity contribution < 1.29 is 9.18 Å². The lowest BCUT2D eigenvalue weighted by molar-refractivity contribution is 0.102. The Labute approximate surface area is 205 Å². The molecule has 5 aromatic rings. The van der Waals surface area contributed by atoms with E-state index in [0.29, 0.717) is 32.7 Å². The Morgan fingerprint density at radius 3 is 2.71 bits per heavy atom. The number of halogens is 2. The van der Waals surface area contributed by atoms with Crippen LogP contribution < -0.4 is 5.32 Å². The number of carbonyl (C=O) groups is 1. The minimum Gasteiger partial charge on any atom is -0.289 e. The first kappa shape index (κ1) is 22.7. The molecule has 5 rings (SSSR count). The molecule has 0 unspecified atom stereocenters. The molecule has 1 N–H and O–H groups in total. The van der Waals surface area contributed by atoms with Crippen LogP contribution in [0.5, 0.6) is 0 Å². The number of amides is 1. The zero-order valence-corrected chi connectivity index (χ0v) is 19.8. The Morgan fingerprint density at radius 2 is 1.94 bits per heavy atom. The van der Waals surface area contributed by atoms with Gasteiger partial charge in [0.15, 0.2) is 0 Å². The van der Waals surface area contributed by atoms with Crippen LogP contribution in [0.1, 0.15) is 28.5 Å². The van der Waals surface area contributed by atoms with Crippen LogP contribution in [0.15, 0.2) is 61.1 Å². The SMILES string of the molecule is CCn1cc(-c2cc(C(=O)Nc3ncn(Cc4c(F)cccc4Cl)n3)c3ccccc3n2)c(C)n1. The number of pyridine rings is 1. The Balaban J connectivity index is 1.46. The van der Waals surface area contributed by atoms with E-state index in [9.17, 15) is 9.18 Å². The number of anilines is 1. The quantitative estimate of drug-likeness (QED) is 0.358. The normalized spacial score (nSPS) is 11.2. The Morgan fingerprint density at radius 1 is 1.11 bits per heavy atom. The van der Waals surface area contributed by atoms with E-state index in [2.05, 4.69) is 20.5 Å². The lowest BCUT2D eigenvalue weighted by Gasteiger charge is -2.09. The summed E-state index contributed by atoms with van der Waals surface area (Å²) in [5.41, 5.74) is 3.75. The number of hydrogen-bond donors (Lipinski definition) is 1. The van der Waals surface area contributed by atoms with Gasteiger partial charge in [0.25, 0.3) is 5.91 Å². The van der Waals surface area contributed by atoms with Gasteiger partial charge in [-0.2, -0.15) is 5.10 Å². The van der Waals surface area contributed by atoms with Crippen molar-refractivity contribution in [3.8, 4) is 11.3 Å². The summed E-state index contributed by atoms with van der Waals surface area (Å²) in [7, 11) is 0. The van der Waals surface area contributed by atoms with Gasteiger partial charge in [0, 0.05) is 34.3 Å². The average molecular weight is 490 g/mol. The van der Waals surface area contributed by atoms with Gasteiger partial charge in [-0.05, 0) is 38.1 Å². The summed E-state index contributed by atoms with van der Waals surface area (Å²) in [6.45, 7) is 4.73. The van der Waals surface area contributed by atoms with Crippen molar-refractivity contribution >= 4 is 34.4 Å². The largest absolute Gasteiger partial charge is 0.289 e. The van der Waals surface area contributed by atoms with E-state index in [-0.39, 0.29) is 18.4 Å². The van der Waals surface area contributed by atoms with E-state index in [1.54, 1.807) is 12.1 Å². The van der Waals surface area contributed by atoms with Gasteiger partial charge in [0.1, 0.15) is 12.1 Å². The van der Waals surface area contributed by atoms with Gasteiger partial charge in [-0.1, -0.05) is 35.9 Å². The van der Waals surface area contributed by atoms with E-state index >= 15 is 0 Å². The number of rotatable bonds is 6. The fourth-order valence-electron chi connectivity index (χ4n) is 3.87. The fraction of sp³-hybridized carbons (Fsp3) is 0.160. The summed E-state index contributed by atoms with van der Waals surface area (Å²) in [5.74, 6) is -0.719. The first-order chi connectivity index (χ1) is 16.9. The standard InChI is InChI=1S/C25H21ClFN7O/c1-3-33-12-18(15(2)31-33)23-11-17(16-7-4-5-10-22(16)29-23)24(35)30-25-28-14-34(32-25)13-19-20(26)8-6-9-21(19)27/h4-12,14H,3,13H2,1-2H3,(H,30,32,35). The molecule has 0 saturated carbocycles. The molecule has 0 radical (unpaired) electrons. The Hall–Kier alpha value is -4.11. The number of aromatic nitrogens is 6. The molecule has 35 heavy (non-hydrogen) atoms. The highest BCUT2D eigenvalue weighted by atomic mass is 35.5. The molecular formula is C25H21ClFN7O. The van der Waals surface area contributed by atoms with Crippen molar-refractivity contribution in [3.63, 3.8) is 0 Å². The first-order valence-electron chi connectivity index (χ1n) is 11.0. The lowest BCUT2D eigenvalue weighted by Crippen LogP contribution is -2.14. The Bertz CT molecular complexity index is 1540. The predicted octanol–water partition coefficient (Wildman–Crippen LogP) is 5.11. The molecule has 176 valence electrons. The molecule has 0 spiro atoms. The highest BCUT2D eigenvalue weighted by Gasteiger charge is 2.18. The molecule has 10 heteroatoms. The molecule has 0 saturated heterocycles. The maximum atomic E-state index is 14.1. The minimum absolute atomic E-state index is 0.0808. The lowest BCUT2D eigenvalue weighted by atomic mass is 10.0. The van der Waals surface area contributed by atoms with Gasteiger partial charge in [-0.25, -0.2) is 19.0 Å². The van der Waals surface area contributed by atoms with Gasteiger partial charge in [-0.3, -0.25) is 14.8 Å². The average Bonchev–Trinajstić information content (AvgIpc) is 3.46. The van der Waals surface area contributed by atoms with E-state index in [0.717, 1.165) is 17.8 Å². The third kappa shape index (κ3) is 4.50. The van der Waals surface area contributed by atoms with Crippen molar-refractivity contribution in [1.82, 2.24) is 29.5 Å². The number of aryl methyl sites for hydroxylation is 2. The molecule has 8 nitrogen and oxygen atoms in total. The third-order valence-corrected chi connectivity index (χ3v) is 6.00.